The fourth-order valence-corrected chi connectivity index (χ4v) is 2.48. The number of hydrogen-bond donors (Lipinski definition) is 1. The first kappa shape index (κ1) is 18.2. The monoisotopic (exact) mass is 327 g/mol. The molecule has 2 aromatic carbocycles. The summed E-state index contributed by atoms with van der Waals surface area (Å²) < 4.78 is 11.7. The topological polar surface area (TPSA) is 30.5 Å². The highest BCUT2D eigenvalue weighted by Crippen LogP contribution is 2.25. The number of rotatable bonds is 10. The van der Waals surface area contributed by atoms with Gasteiger partial charge in [0.25, 0.3) is 0 Å². The molecular weight excluding hydrogens is 298 g/mol. The Morgan fingerprint density at radius 2 is 1.79 bits per heavy atom. The summed E-state index contributed by atoms with van der Waals surface area (Å²) in [5.41, 5.74) is 2.31. The summed E-state index contributed by atoms with van der Waals surface area (Å²) in [5.74, 6) is 2.36. The van der Waals surface area contributed by atoms with Crippen molar-refractivity contribution in [3.8, 4) is 11.5 Å². The summed E-state index contributed by atoms with van der Waals surface area (Å²) in [6.45, 7) is 8.69. The van der Waals surface area contributed by atoms with Crippen LogP contribution in [-0.4, -0.2) is 19.8 Å². The first-order chi connectivity index (χ1) is 11.7. The van der Waals surface area contributed by atoms with Gasteiger partial charge in [-0.1, -0.05) is 51.5 Å². The quantitative estimate of drug-likeness (QED) is 0.586. The number of anilines is 1. The molecule has 0 radical (unpaired) electrons. The number of hydrogen-bond acceptors (Lipinski definition) is 3. The minimum absolute atomic E-state index is 0.464. The van der Waals surface area contributed by atoms with Gasteiger partial charge in [-0.15, -0.1) is 0 Å². The molecule has 0 saturated carbocycles. The summed E-state index contributed by atoms with van der Waals surface area (Å²) in [6, 6.07) is 16.3. The van der Waals surface area contributed by atoms with Gasteiger partial charge in [0.1, 0.15) is 18.1 Å². The van der Waals surface area contributed by atoms with Crippen LogP contribution in [0.4, 0.5) is 5.69 Å². The largest absolute Gasteiger partial charge is 0.494 e. The Labute approximate surface area is 146 Å². The summed E-state index contributed by atoms with van der Waals surface area (Å²) in [6.07, 6.45) is 2.23. The molecule has 0 spiro atoms. The summed E-state index contributed by atoms with van der Waals surface area (Å²) in [4.78, 5) is 0. The third-order valence-electron chi connectivity index (χ3n) is 3.83. The van der Waals surface area contributed by atoms with Crippen molar-refractivity contribution in [1.82, 2.24) is 0 Å². The average Bonchev–Trinajstić information content (AvgIpc) is 2.59. The first-order valence-electron chi connectivity index (χ1n) is 8.89. The van der Waals surface area contributed by atoms with Crippen molar-refractivity contribution < 1.29 is 9.47 Å². The molecule has 3 nitrogen and oxygen atoms in total. The van der Waals surface area contributed by atoms with E-state index in [-0.39, 0.29) is 0 Å². The van der Waals surface area contributed by atoms with Gasteiger partial charge in [-0.2, -0.15) is 0 Å². The fourth-order valence-electron chi connectivity index (χ4n) is 2.48. The van der Waals surface area contributed by atoms with Gasteiger partial charge in [-0.3, -0.25) is 0 Å². The van der Waals surface area contributed by atoms with E-state index in [1.54, 1.807) is 0 Å². The van der Waals surface area contributed by atoms with Crippen LogP contribution in [0, 0.1) is 0 Å². The van der Waals surface area contributed by atoms with Gasteiger partial charge in [-0.05, 0) is 36.1 Å². The number of ether oxygens (including phenoxy) is 2. The number of benzene rings is 2. The molecule has 0 aliphatic heterocycles. The van der Waals surface area contributed by atoms with Crippen LogP contribution >= 0.6 is 0 Å². The first-order valence-corrected chi connectivity index (χ1v) is 8.89. The van der Waals surface area contributed by atoms with Crippen LogP contribution < -0.4 is 14.8 Å². The molecule has 3 heteroatoms. The average molecular weight is 327 g/mol. The zero-order chi connectivity index (χ0) is 17.2. The van der Waals surface area contributed by atoms with Gasteiger partial charge in [0.15, 0.2) is 0 Å². The maximum atomic E-state index is 5.94. The van der Waals surface area contributed by atoms with Crippen molar-refractivity contribution in [1.29, 1.82) is 0 Å². The van der Waals surface area contributed by atoms with E-state index in [2.05, 4.69) is 44.3 Å². The molecule has 0 fully saturated rings. The van der Waals surface area contributed by atoms with E-state index in [1.807, 2.05) is 30.3 Å². The molecule has 0 bridgehead atoms. The molecule has 0 unspecified atom stereocenters. The fraction of sp³-hybridized carbons (Fsp3) is 0.429. The Hall–Kier alpha value is -2.16. The second-order valence-electron chi connectivity index (χ2n) is 6.20. The third kappa shape index (κ3) is 5.80. The van der Waals surface area contributed by atoms with Gasteiger partial charge in [0.2, 0.25) is 0 Å². The molecule has 2 aromatic rings. The van der Waals surface area contributed by atoms with Crippen LogP contribution in [0.25, 0.3) is 0 Å². The highest BCUT2D eigenvalue weighted by molar-refractivity contribution is 5.48. The van der Waals surface area contributed by atoms with Crippen LogP contribution in [0.3, 0.4) is 0 Å². The Bertz CT molecular complexity index is 610. The Kier molecular flexibility index (Phi) is 7.47. The molecule has 130 valence electrons. The predicted molar refractivity (Wildman–Crippen MR) is 101 cm³/mol. The third-order valence-corrected chi connectivity index (χ3v) is 3.83. The van der Waals surface area contributed by atoms with Gasteiger partial charge >= 0.3 is 0 Å². The van der Waals surface area contributed by atoms with Crippen molar-refractivity contribution in [2.24, 2.45) is 0 Å². The second kappa shape index (κ2) is 9.86. The van der Waals surface area contributed by atoms with Crippen LogP contribution in [0.1, 0.15) is 45.1 Å². The molecule has 0 aromatic heterocycles. The normalized spacial score (nSPS) is 10.7. The van der Waals surface area contributed by atoms with Crippen LogP contribution in [0.15, 0.2) is 48.5 Å². The number of unbranched alkanes of at least 4 members (excludes halogenated alkanes) is 1. The van der Waals surface area contributed by atoms with Crippen LogP contribution in [0.2, 0.25) is 0 Å². The molecule has 0 heterocycles. The summed E-state index contributed by atoms with van der Waals surface area (Å²) in [7, 11) is 0. The molecule has 0 atom stereocenters. The molecule has 0 aliphatic rings. The van der Waals surface area contributed by atoms with E-state index in [4.69, 9.17) is 9.47 Å². The van der Waals surface area contributed by atoms with Gasteiger partial charge < -0.3 is 14.8 Å². The lowest BCUT2D eigenvalue weighted by Gasteiger charge is -2.14. The van der Waals surface area contributed by atoms with Crippen molar-refractivity contribution in [2.75, 3.05) is 25.1 Å². The van der Waals surface area contributed by atoms with Gasteiger partial charge in [-0.25, -0.2) is 0 Å². The van der Waals surface area contributed by atoms with E-state index in [1.165, 1.54) is 5.56 Å². The second-order valence-corrected chi connectivity index (χ2v) is 6.20. The minimum atomic E-state index is 0.464. The zero-order valence-electron chi connectivity index (χ0n) is 15.0. The van der Waals surface area contributed by atoms with Gasteiger partial charge in [0.05, 0.1) is 6.61 Å². The van der Waals surface area contributed by atoms with E-state index < -0.39 is 0 Å². The van der Waals surface area contributed by atoms with E-state index >= 15 is 0 Å². The lowest BCUT2D eigenvalue weighted by molar-refractivity contribution is 0.309. The van der Waals surface area contributed by atoms with E-state index in [9.17, 15) is 0 Å². The molecule has 0 amide bonds. The van der Waals surface area contributed by atoms with Crippen molar-refractivity contribution in [3.05, 3.63) is 54.1 Å². The van der Waals surface area contributed by atoms with Gasteiger partial charge in [0, 0.05) is 18.3 Å². The molecule has 24 heavy (non-hydrogen) atoms. The molecule has 0 aliphatic carbocycles. The Morgan fingerprint density at radius 3 is 2.58 bits per heavy atom. The SMILES string of the molecule is CCCCOc1cccc(NCCOc2ccccc2C(C)C)c1. The molecule has 1 N–H and O–H groups in total. The van der Waals surface area contributed by atoms with E-state index in [0.29, 0.717) is 12.5 Å². The minimum Gasteiger partial charge on any atom is -0.494 e. The predicted octanol–water partition coefficient (Wildman–Crippen LogP) is 5.48. The molecular formula is C21H29NO2. The zero-order valence-corrected chi connectivity index (χ0v) is 15.0. The maximum absolute atomic E-state index is 5.94. The van der Waals surface area contributed by atoms with Crippen molar-refractivity contribution in [2.45, 2.75) is 39.5 Å². The van der Waals surface area contributed by atoms with Crippen LogP contribution in [-0.2, 0) is 0 Å². The lowest BCUT2D eigenvalue weighted by Crippen LogP contribution is -2.12. The molecule has 2 rings (SSSR count). The Morgan fingerprint density at radius 1 is 0.958 bits per heavy atom. The highest BCUT2D eigenvalue weighted by Gasteiger charge is 2.06. The smallest absolute Gasteiger partial charge is 0.122 e. The van der Waals surface area contributed by atoms with Crippen molar-refractivity contribution in [3.63, 3.8) is 0 Å². The number of nitrogens with one attached hydrogen (secondary N) is 1. The summed E-state index contributed by atoms with van der Waals surface area (Å²) >= 11 is 0. The number of para-hydroxylation sites is 1. The lowest BCUT2D eigenvalue weighted by atomic mass is 10.0. The summed E-state index contributed by atoms with van der Waals surface area (Å²) in [5, 5.41) is 3.39. The van der Waals surface area contributed by atoms with E-state index in [0.717, 1.165) is 43.2 Å². The van der Waals surface area contributed by atoms with Crippen molar-refractivity contribution >= 4 is 5.69 Å². The standard InChI is InChI=1S/C21H29NO2/c1-4-5-14-23-19-10-8-9-18(16-19)22-13-15-24-21-12-7-6-11-20(21)17(2)3/h6-12,16-17,22H,4-5,13-15H2,1-3H3. The maximum Gasteiger partial charge on any atom is 0.122 e. The molecule has 0 saturated heterocycles. The highest BCUT2D eigenvalue weighted by atomic mass is 16.5. The van der Waals surface area contributed by atoms with Crippen LogP contribution in [0.5, 0.6) is 11.5 Å². The Balaban J connectivity index is 1.79.